The predicted octanol–water partition coefficient (Wildman–Crippen LogP) is 2.54. The van der Waals surface area contributed by atoms with Crippen LogP contribution in [0.2, 0.25) is 0 Å². The van der Waals surface area contributed by atoms with E-state index in [-0.39, 0.29) is 74.2 Å². The van der Waals surface area contributed by atoms with E-state index in [1.165, 1.54) is 0 Å². The van der Waals surface area contributed by atoms with Gasteiger partial charge in [0.05, 0.1) is 0 Å². The molecule has 0 saturated heterocycles. The van der Waals surface area contributed by atoms with Gasteiger partial charge in [-0.05, 0) is 0 Å². The number of hydrogen-bond acceptors (Lipinski definition) is 0. The molecule has 1 aliphatic carbocycles. The number of hydrogen-bond donors (Lipinski definition) is 0. The summed E-state index contributed by atoms with van der Waals surface area (Å²) in [6.07, 6.45) is 10.0. The molecule has 46 valence electrons. The van der Waals surface area contributed by atoms with Crippen molar-refractivity contribution in [2.24, 2.45) is 0 Å². The minimum absolute atomic E-state index is 0. The van der Waals surface area contributed by atoms with Crippen LogP contribution in [0.25, 0.3) is 0 Å². The SMILES string of the molecule is I.I.[C-]1=CC=CC1.[Zr]. The predicted molar refractivity (Wildman–Crippen MR) is 52.4 cm³/mol. The fourth-order valence-electron chi connectivity index (χ4n) is 0.340. The molecular weight excluding hydrogens is 405 g/mol. The third kappa shape index (κ3) is 7.82. The Hall–Kier alpha value is 1.82. The molecule has 8 heavy (non-hydrogen) atoms. The maximum atomic E-state index is 2.99. The zero-order valence-corrected chi connectivity index (χ0v) is 11.4. The van der Waals surface area contributed by atoms with Crippen LogP contribution in [0, 0.1) is 6.08 Å². The van der Waals surface area contributed by atoms with Crippen molar-refractivity contribution >= 4 is 48.0 Å². The minimum atomic E-state index is 0. The first-order valence-electron chi connectivity index (χ1n) is 1.72. The van der Waals surface area contributed by atoms with E-state index in [2.05, 4.69) is 12.2 Å². The van der Waals surface area contributed by atoms with Gasteiger partial charge < -0.3 is 0 Å². The zero-order chi connectivity index (χ0) is 3.54. The van der Waals surface area contributed by atoms with Crippen LogP contribution < -0.4 is 0 Å². The standard InChI is InChI=1S/C5H5.2HI.Zr/c1-2-4-5-3-1;;;/h1-3H,4H2;2*1H;/q-1;;;. The first-order chi connectivity index (χ1) is 2.50. The van der Waals surface area contributed by atoms with E-state index >= 15 is 0 Å². The van der Waals surface area contributed by atoms with Crippen LogP contribution in [0.1, 0.15) is 6.42 Å². The molecular formula is C5H7I2Zr-. The smallest absolute Gasteiger partial charge is 0 e. The number of halogens is 2. The third-order valence-electron chi connectivity index (χ3n) is 0.586. The van der Waals surface area contributed by atoms with Crippen molar-refractivity contribution in [1.29, 1.82) is 0 Å². The van der Waals surface area contributed by atoms with Gasteiger partial charge in [-0.2, -0.15) is 6.08 Å². The fraction of sp³-hybridized carbons (Fsp3) is 0.200. The van der Waals surface area contributed by atoms with Crippen molar-refractivity contribution < 1.29 is 26.2 Å². The molecule has 0 radical (unpaired) electrons. The second-order valence-electron chi connectivity index (χ2n) is 1.00. The molecule has 0 atom stereocenters. The van der Waals surface area contributed by atoms with E-state index in [9.17, 15) is 0 Å². The van der Waals surface area contributed by atoms with Crippen molar-refractivity contribution in [2.75, 3.05) is 0 Å². The third-order valence-corrected chi connectivity index (χ3v) is 0.586. The summed E-state index contributed by atoms with van der Waals surface area (Å²) in [5, 5.41) is 0. The van der Waals surface area contributed by atoms with E-state index in [1.54, 1.807) is 0 Å². The van der Waals surface area contributed by atoms with E-state index in [0.29, 0.717) is 0 Å². The van der Waals surface area contributed by atoms with Gasteiger partial charge in [0.1, 0.15) is 0 Å². The Morgan fingerprint density at radius 2 is 1.88 bits per heavy atom. The first-order valence-corrected chi connectivity index (χ1v) is 1.72. The summed E-state index contributed by atoms with van der Waals surface area (Å²) >= 11 is 0. The molecule has 0 aromatic rings. The van der Waals surface area contributed by atoms with Crippen LogP contribution in [0.4, 0.5) is 0 Å². The Morgan fingerprint density at radius 1 is 1.25 bits per heavy atom. The van der Waals surface area contributed by atoms with E-state index in [4.69, 9.17) is 0 Å². The van der Waals surface area contributed by atoms with Gasteiger partial charge in [0.15, 0.2) is 0 Å². The molecule has 0 saturated carbocycles. The second kappa shape index (κ2) is 11.6. The molecule has 0 heterocycles. The molecule has 0 nitrogen and oxygen atoms in total. The molecule has 0 N–H and O–H groups in total. The van der Waals surface area contributed by atoms with Crippen LogP contribution in [-0.4, -0.2) is 0 Å². The molecule has 1 aliphatic rings. The van der Waals surface area contributed by atoms with Gasteiger partial charge in [-0.3, -0.25) is 6.08 Å². The number of rotatable bonds is 0. The van der Waals surface area contributed by atoms with E-state index in [0.717, 1.165) is 6.42 Å². The van der Waals surface area contributed by atoms with Crippen molar-refractivity contribution in [3.63, 3.8) is 0 Å². The molecule has 0 unspecified atom stereocenters. The molecule has 0 bridgehead atoms. The van der Waals surface area contributed by atoms with Gasteiger partial charge in [0, 0.05) is 26.2 Å². The van der Waals surface area contributed by atoms with E-state index < -0.39 is 0 Å². The topological polar surface area (TPSA) is 0 Å². The average Bonchev–Trinajstić information content (AvgIpc) is 1.76. The summed E-state index contributed by atoms with van der Waals surface area (Å²) in [7, 11) is 0. The van der Waals surface area contributed by atoms with Crippen molar-refractivity contribution in [3.8, 4) is 0 Å². The molecule has 0 aliphatic heterocycles. The van der Waals surface area contributed by atoms with Crippen LogP contribution in [0.15, 0.2) is 18.2 Å². The molecule has 0 spiro atoms. The summed E-state index contributed by atoms with van der Waals surface area (Å²) in [5.74, 6) is 0. The summed E-state index contributed by atoms with van der Waals surface area (Å²) in [5.41, 5.74) is 0. The van der Waals surface area contributed by atoms with E-state index in [1.807, 2.05) is 12.2 Å². The first kappa shape index (κ1) is 16.4. The normalized spacial score (nSPS) is 11.0. The molecule has 1 rings (SSSR count). The van der Waals surface area contributed by atoms with Crippen molar-refractivity contribution in [3.05, 3.63) is 24.3 Å². The largest absolute Gasteiger partial charge is 0.273 e. The Balaban J connectivity index is -0.0000000833. The Labute approximate surface area is 103 Å². The van der Waals surface area contributed by atoms with Gasteiger partial charge >= 0.3 is 0 Å². The minimum Gasteiger partial charge on any atom is -0.273 e. The van der Waals surface area contributed by atoms with Crippen LogP contribution in [-0.2, 0) is 26.2 Å². The van der Waals surface area contributed by atoms with Crippen molar-refractivity contribution in [2.45, 2.75) is 6.42 Å². The summed E-state index contributed by atoms with van der Waals surface area (Å²) in [4.78, 5) is 0. The van der Waals surface area contributed by atoms with Crippen molar-refractivity contribution in [1.82, 2.24) is 0 Å². The molecule has 0 fully saturated rings. The summed E-state index contributed by atoms with van der Waals surface area (Å²) in [6, 6.07) is 0. The molecule has 0 aromatic heterocycles. The van der Waals surface area contributed by atoms with Gasteiger partial charge in [-0.25, -0.2) is 12.2 Å². The van der Waals surface area contributed by atoms with Crippen LogP contribution in [0.5, 0.6) is 0 Å². The van der Waals surface area contributed by atoms with Crippen LogP contribution >= 0.6 is 48.0 Å². The van der Waals surface area contributed by atoms with Crippen LogP contribution in [0.3, 0.4) is 0 Å². The van der Waals surface area contributed by atoms with Gasteiger partial charge in [0.2, 0.25) is 0 Å². The number of allylic oxidation sites excluding steroid dienone is 4. The Kier molecular flexibility index (Phi) is 23.8. The maximum Gasteiger partial charge on any atom is 0 e. The monoisotopic (exact) mass is 411 g/mol. The Bertz CT molecular complexity index is 68.5. The Morgan fingerprint density at radius 3 is 2.00 bits per heavy atom. The quantitative estimate of drug-likeness (QED) is 0.424. The molecule has 0 aromatic carbocycles. The zero-order valence-electron chi connectivity index (χ0n) is 4.26. The molecule has 3 heteroatoms. The van der Waals surface area contributed by atoms with Gasteiger partial charge in [-0.1, -0.05) is 0 Å². The summed E-state index contributed by atoms with van der Waals surface area (Å²) < 4.78 is 0. The fourth-order valence-corrected chi connectivity index (χ4v) is 0.340. The summed E-state index contributed by atoms with van der Waals surface area (Å²) in [6.45, 7) is 0. The second-order valence-corrected chi connectivity index (χ2v) is 1.00. The molecule has 0 amide bonds. The average molecular weight is 412 g/mol. The van der Waals surface area contributed by atoms with Gasteiger partial charge in [-0.15, -0.1) is 54.4 Å². The maximum absolute atomic E-state index is 2.99. The van der Waals surface area contributed by atoms with Gasteiger partial charge in [0.25, 0.3) is 0 Å².